The quantitative estimate of drug-likeness (QED) is 0.101. The fourth-order valence-electron chi connectivity index (χ4n) is 5.67. The molecule has 2 fully saturated rings. The Bertz CT molecular complexity index is 1850. The Morgan fingerprint density at radius 1 is 1.04 bits per heavy atom. The lowest BCUT2D eigenvalue weighted by Gasteiger charge is -2.39. The van der Waals surface area contributed by atoms with E-state index in [1.165, 1.54) is 23.4 Å². The number of amides is 1. The third-order valence-corrected chi connectivity index (χ3v) is 8.88. The number of piperidine rings is 1. The molecule has 1 amide bonds. The smallest absolute Gasteiger partial charge is 0.410 e. The molecule has 2 aromatic carbocycles. The van der Waals surface area contributed by atoms with Gasteiger partial charge in [0, 0.05) is 49.8 Å². The van der Waals surface area contributed by atoms with E-state index in [1.807, 2.05) is 30.3 Å². The second-order valence-electron chi connectivity index (χ2n) is 13.0. The first kappa shape index (κ1) is 34.2. The van der Waals surface area contributed by atoms with Gasteiger partial charge in [-0.3, -0.25) is 0 Å². The van der Waals surface area contributed by atoms with Crippen molar-refractivity contribution in [2.24, 2.45) is 5.41 Å². The van der Waals surface area contributed by atoms with Crippen LogP contribution >= 0.6 is 11.9 Å². The monoisotopic (exact) mass is 700 g/mol. The second-order valence-corrected chi connectivity index (χ2v) is 13.8. The maximum Gasteiger partial charge on any atom is 0.410 e. The molecule has 2 unspecified atom stereocenters. The summed E-state index contributed by atoms with van der Waals surface area (Å²) >= 11 is 0.994. The maximum atomic E-state index is 15.2. The lowest BCUT2D eigenvalue weighted by Crippen LogP contribution is -2.52. The number of pyridine rings is 1. The van der Waals surface area contributed by atoms with E-state index in [4.69, 9.17) is 9.47 Å². The molecule has 2 aliphatic rings. The van der Waals surface area contributed by atoms with Crippen LogP contribution in [0.25, 0.3) is 11.3 Å². The van der Waals surface area contributed by atoms with Gasteiger partial charge < -0.3 is 24.4 Å². The molecule has 9 nitrogen and oxygen atoms in total. The number of carbonyl (C=O) groups is 1. The number of likely N-dealkylation sites (tertiary alicyclic amines) is 1. The highest BCUT2D eigenvalue weighted by atomic mass is 32.2. The van der Waals surface area contributed by atoms with Gasteiger partial charge in [0.15, 0.2) is 17.4 Å². The minimum atomic E-state index is -2.93. The van der Waals surface area contributed by atoms with Crippen LogP contribution in [0.1, 0.15) is 39.2 Å². The molecule has 6 rings (SSSR count). The number of nitrogens with one attached hydrogen (secondary N) is 2. The van der Waals surface area contributed by atoms with Gasteiger partial charge in [-0.05, 0) is 62.9 Å². The van der Waals surface area contributed by atoms with E-state index < -0.39 is 58.0 Å². The molecule has 0 radical (unpaired) electrons. The summed E-state index contributed by atoms with van der Waals surface area (Å²) in [6.45, 7) is 5.04. The molecular formula is C34H33F5N6O3S. The fourth-order valence-corrected chi connectivity index (χ4v) is 6.43. The van der Waals surface area contributed by atoms with Crippen molar-refractivity contribution < 1.29 is 36.2 Å². The summed E-state index contributed by atoms with van der Waals surface area (Å²) in [4.78, 5) is 27.0. The number of nitrogens with zero attached hydrogens (tertiary/aromatic N) is 4. The summed E-state index contributed by atoms with van der Waals surface area (Å²) in [5.41, 5.74) is -1.47. The third kappa shape index (κ3) is 7.66. The van der Waals surface area contributed by atoms with Gasteiger partial charge in [0.05, 0.1) is 16.7 Å². The molecule has 3 heterocycles. The van der Waals surface area contributed by atoms with Crippen LogP contribution in [0.2, 0.25) is 0 Å². The second kappa shape index (κ2) is 13.3. The number of aromatic nitrogens is 3. The van der Waals surface area contributed by atoms with Gasteiger partial charge in [-0.25, -0.2) is 37.3 Å². The number of benzene rings is 2. The molecule has 15 heteroatoms. The van der Waals surface area contributed by atoms with Crippen LogP contribution in [0, 0.1) is 22.9 Å². The van der Waals surface area contributed by atoms with Crippen molar-refractivity contribution in [1.29, 1.82) is 0 Å². The molecule has 1 aliphatic heterocycles. The maximum absolute atomic E-state index is 15.2. The molecule has 2 N–H and O–H groups in total. The first-order valence-corrected chi connectivity index (χ1v) is 16.4. The number of hydrogen-bond donors (Lipinski definition) is 2. The van der Waals surface area contributed by atoms with Gasteiger partial charge in [-0.1, -0.05) is 30.3 Å². The minimum Gasteiger partial charge on any atom is -0.444 e. The zero-order chi connectivity index (χ0) is 35.0. The van der Waals surface area contributed by atoms with Gasteiger partial charge in [-0.15, -0.1) is 0 Å². The Morgan fingerprint density at radius 3 is 2.51 bits per heavy atom. The van der Waals surface area contributed by atoms with Crippen molar-refractivity contribution in [3.05, 3.63) is 90.0 Å². The standard InChI is InChI=1S/C34H33F5N6O3S/c1-32(2,3)48-31(46)45-16-21(15-33(19-45)18-34(33,38)39)42-30-41-13-11-24(43-30)22-10-7-12-40-29(22)47-25-14-23(35)28(27(37)26(25)36)44-49-17-20-8-5-4-6-9-20/h4-14,21,44H,15-19H2,1-3H3,(H,41,42,43). The van der Waals surface area contributed by atoms with Crippen LogP contribution in [0.4, 0.5) is 38.4 Å². The van der Waals surface area contributed by atoms with Crippen molar-refractivity contribution >= 4 is 29.7 Å². The zero-order valence-corrected chi connectivity index (χ0v) is 27.6. The van der Waals surface area contributed by atoms with Crippen molar-refractivity contribution in [2.45, 2.75) is 56.9 Å². The highest BCUT2D eigenvalue weighted by Crippen LogP contribution is 2.64. The SMILES string of the molecule is CC(C)(C)OC(=O)N1CC(Nc2nccc(-c3cccnc3Oc3cc(F)c(NSCc4ccccc4)c(F)c3F)n2)CC2(C1)CC2(F)F. The number of hydrogen-bond acceptors (Lipinski definition) is 9. The van der Waals surface area contributed by atoms with Crippen molar-refractivity contribution in [2.75, 3.05) is 23.1 Å². The van der Waals surface area contributed by atoms with Crippen molar-refractivity contribution in [3.63, 3.8) is 0 Å². The Balaban J connectivity index is 1.19. The van der Waals surface area contributed by atoms with Crippen molar-refractivity contribution in [3.8, 4) is 22.9 Å². The summed E-state index contributed by atoms with van der Waals surface area (Å²) in [7, 11) is 0. The number of ether oxygens (including phenoxy) is 2. The number of alkyl halides is 2. The van der Waals surface area contributed by atoms with Gasteiger partial charge in [0.2, 0.25) is 17.6 Å². The highest BCUT2D eigenvalue weighted by molar-refractivity contribution is 7.99. The van der Waals surface area contributed by atoms with Crippen LogP contribution in [0.3, 0.4) is 0 Å². The molecule has 4 aromatic rings. The molecule has 1 saturated heterocycles. The lowest BCUT2D eigenvalue weighted by atomic mass is 9.91. The number of halogens is 5. The van der Waals surface area contributed by atoms with Crippen LogP contribution in [0.5, 0.6) is 11.6 Å². The van der Waals surface area contributed by atoms with E-state index in [0.29, 0.717) is 5.75 Å². The summed E-state index contributed by atoms with van der Waals surface area (Å²) < 4.78 is 87.9. The minimum absolute atomic E-state index is 0.0640. The van der Waals surface area contributed by atoms with E-state index in [0.717, 1.165) is 23.6 Å². The van der Waals surface area contributed by atoms with Crippen LogP contribution in [0.15, 0.2) is 67.0 Å². The van der Waals surface area contributed by atoms with E-state index in [2.05, 4.69) is 25.0 Å². The van der Waals surface area contributed by atoms with Gasteiger partial charge in [0.25, 0.3) is 5.92 Å². The predicted octanol–water partition coefficient (Wildman–Crippen LogP) is 8.46. The van der Waals surface area contributed by atoms with E-state index in [9.17, 15) is 18.0 Å². The topological polar surface area (TPSA) is 102 Å². The first-order chi connectivity index (χ1) is 23.2. The Hall–Kier alpha value is -4.66. The Labute approximate surface area is 283 Å². The Kier molecular flexibility index (Phi) is 9.31. The summed E-state index contributed by atoms with van der Waals surface area (Å²) in [6, 6.07) is 13.9. The Morgan fingerprint density at radius 2 is 1.80 bits per heavy atom. The molecule has 0 bridgehead atoms. The number of anilines is 2. The van der Waals surface area contributed by atoms with Gasteiger partial charge in [-0.2, -0.15) is 4.39 Å². The van der Waals surface area contributed by atoms with E-state index in [1.54, 1.807) is 32.9 Å². The molecule has 1 aliphatic carbocycles. The largest absolute Gasteiger partial charge is 0.444 e. The summed E-state index contributed by atoms with van der Waals surface area (Å²) in [5.74, 6) is -7.39. The van der Waals surface area contributed by atoms with Crippen LogP contribution in [-0.2, 0) is 10.5 Å². The average Bonchev–Trinajstić information content (AvgIpc) is 3.57. The van der Waals surface area contributed by atoms with Gasteiger partial charge in [0.1, 0.15) is 11.3 Å². The van der Waals surface area contributed by atoms with Crippen LogP contribution < -0.4 is 14.8 Å². The van der Waals surface area contributed by atoms with Crippen molar-refractivity contribution in [1.82, 2.24) is 19.9 Å². The predicted molar refractivity (Wildman–Crippen MR) is 175 cm³/mol. The van der Waals surface area contributed by atoms with E-state index in [-0.39, 0.29) is 49.0 Å². The molecule has 1 saturated carbocycles. The summed E-state index contributed by atoms with van der Waals surface area (Å²) in [6.07, 6.45) is 1.78. The molecule has 1 spiro atoms. The van der Waals surface area contributed by atoms with Gasteiger partial charge >= 0.3 is 6.09 Å². The number of carbonyl (C=O) groups excluding carboxylic acids is 1. The summed E-state index contributed by atoms with van der Waals surface area (Å²) in [5, 5.41) is 3.06. The molecule has 2 aromatic heterocycles. The molecular weight excluding hydrogens is 667 g/mol. The van der Waals surface area contributed by atoms with Crippen LogP contribution in [-0.4, -0.2) is 56.6 Å². The normalized spacial score (nSPS) is 19.8. The average molecular weight is 701 g/mol. The first-order valence-electron chi connectivity index (χ1n) is 15.4. The third-order valence-electron chi connectivity index (χ3n) is 8.06. The fraction of sp³-hybridized carbons (Fsp3) is 0.353. The molecule has 258 valence electrons. The lowest BCUT2D eigenvalue weighted by molar-refractivity contribution is -0.00702. The number of rotatable bonds is 9. The molecule has 49 heavy (non-hydrogen) atoms. The zero-order valence-electron chi connectivity index (χ0n) is 26.8. The highest BCUT2D eigenvalue weighted by Gasteiger charge is 2.73. The molecule has 2 atom stereocenters. The van der Waals surface area contributed by atoms with E-state index >= 15 is 8.78 Å².